The van der Waals surface area contributed by atoms with Crippen molar-refractivity contribution in [3.05, 3.63) is 29.8 Å². The third-order valence-corrected chi connectivity index (χ3v) is 2.88. The molecule has 3 N–H and O–H groups in total. The number of nitrogen functional groups attached to an aromatic ring is 1. The molecule has 98 valence electrons. The molecule has 0 saturated carbocycles. The minimum Gasteiger partial charge on any atom is -0.399 e. The van der Waals surface area contributed by atoms with E-state index in [9.17, 15) is 9.59 Å². The number of anilines is 1. The molecule has 1 aromatic rings. The maximum absolute atomic E-state index is 11.9. The summed E-state index contributed by atoms with van der Waals surface area (Å²) in [5, 5.41) is 2.72. The standard InChI is InChI=1S/C12H15N3O2.ClH/c1-15-6-5-10(12(15)17)14-11(16)8-3-2-4-9(13)7-8;/h2-4,7,10H,5-6,13H2,1H3,(H,14,16);1H. The fraction of sp³-hybridized carbons (Fsp3) is 0.333. The van der Waals surface area contributed by atoms with E-state index in [2.05, 4.69) is 5.32 Å². The van der Waals surface area contributed by atoms with E-state index in [1.54, 1.807) is 36.2 Å². The lowest BCUT2D eigenvalue weighted by atomic mass is 10.1. The average Bonchev–Trinajstić information content (AvgIpc) is 2.61. The molecule has 1 aliphatic heterocycles. The zero-order chi connectivity index (χ0) is 12.4. The van der Waals surface area contributed by atoms with Gasteiger partial charge < -0.3 is 16.0 Å². The van der Waals surface area contributed by atoms with Crippen molar-refractivity contribution < 1.29 is 9.59 Å². The van der Waals surface area contributed by atoms with Gasteiger partial charge in [-0.1, -0.05) is 6.07 Å². The van der Waals surface area contributed by atoms with Gasteiger partial charge in [-0.05, 0) is 24.6 Å². The summed E-state index contributed by atoms with van der Waals surface area (Å²) in [6, 6.07) is 6.29. The van der Waals surface area contributed by atoms with Gasteiger partial charge in [-0.2, -0.15) is 0 Å². The predicted octanol–water partition coefficient (Wildman–Crippen LogP) is 0.651. The van der Waals surface area contributed by atoms with Crippen LogP contribution < -0.4 is 11.1 Å². The molecule has 1 fully saturated rings. The number of hydrogen-bond acceptors (Lipinski definition) is 3. The Morgan fingerprint density at radius 2 is 2.22 bits per heavy atom. The number of likely N-dealkylation sites (tertiary alicyclic amines) is 1. The molecule has 18 heavy (non-hydrogen) atoms. The van der Waals surface area contributed by atoms with E-state index in [1.807, 2.05) is 0 Å². The smallest absolute Gasteiger partial charge is 0.252 e. The summed E-state index contributed by atoms with van der Waals surface area (Å²) in [4.78, 5) is 25.1. The second-order valence-corrected chi connectivity index (χ2v) is 4.20. The van der Waals surface area contributed by atoms with Crippen LogP contribution in [-0.4, -0.2) is 36.3 Å². The Labute approximate surface area is 112 Å². The summed E-state index contributed by atoms with van der Waals surface area (Å²) in [6.45, 7) is 0.681. The number of nitrogens with one attached hydrogen (secondary N) is 1. The maximum atomic E-state index is 11.9. The third kappa shape index (κ3) is 2.92. The molecule has 0 aromatic heterocycles. The number of carbonyl (C=O) groups excluding carboxylic acids is 2. The van der Waals surface area contributed by atoms with Crippen LogP contribution in [0.5, 0.6) is 0 Å². The number of hydrogen-bond donors (Lipinski definition) is 2. The van der Waals surface area contributed by atoms with Crippen LogP contribution in [0.4, 0.5) is 5.69 Å². The summed E-state index contributed by atoms with van der Waals surface area (Å²) in [5.41, 5.74) is 6.61. The van der Waals surface area contributed by atoms with Crippen molar-refractivity contribution >= 4 is 29.9 Å². The molecule has 1 atom stereocenters. The zero-order valence-corrected chi connectivity index (χ0v) is 10.9. The van der Waals surface area contributed by atoms with Gasteiger partial charge in [0.1, 0.15) is 6.04 Å². The molecule has 6 heteroatoms. The van der Waals surface area contributed by atoms with E-state index in [0.717, 1.165) is 0 Å². The number of nitrogens with two attached hydrogens (primary N) is 1. The topological polar surface area (TPSA) is 75.4 Å². The lowest BCUT2D eigenvalue weighted by Crippen LogP contribution is -2.40. The van der Waals surface area contributed by atoms with Crippen molar-refractivity contribution in [2.24, 2.45) is 0 Å². The van der Waals surface area contributed by atoms with E-state index in [0.29, 0.717) is 24.2 Å². The van der Waals surface area contributed by atoms with E-state index in [4.69, 9.17) is 5.73 Å². The second kappa shape index (κ2) is 5.73. The molecule has 5 nitrogen and oxygen atoms in total. The van der Waals surface area contributed by atoms with Gasteiger partial charge in [-0.3, -0.25) is 9.59 Å². The van der Waals surface area contributed by atoms with Gasteiger partial charge in [0, 0.05) is 24.8 Å². The Morgan fingerprint density at radius 3 is 2.78 bits per heavy atom. The van der Waals surface area contributed by atoms with Crippen molar-refractivity contribution in [3.8, 4) is 0 Å². The highest BCUT2D eigenvalue weighted by atomic mass is 35.5. The predicted molar refractivity (Wildman–Crippen MR) is 71.6 cm³/mol. The van der Waals surface area contributed by atoms with Crippen LogP contribution in [0, 0.1) is 0 Å². The van der Waals surface area contributed by atoms with Crippen molar-refractivity contribution in [2.75, 3.05) is 19.3 Å². The average molecular weight is 270 g/mol. The van der Waals surface area contributed by atoms with E-state index in [-0.39, 0.29) is 24.2 Å². The van der Waals surface area contributed by atoms with Crippen molar-refractivity contribution in [3.63, 3.8) is 0 Å². The summed E-state index contributed by atoms with van der Waals surface area (Å²) >= 11 is 0. The van der Waals surface area contributed by atoms with Gasteiger partial charge >= 0.3 is 0 Å². The second-order valence-electron chi connectivity index (χ2n) is 4.20. The Hall–Kier alpha value is -1.75. The molecule has 1 saturated heterocycles. The third-order valence-electron chi connectivity index (χ3n) is 2.88. The lowest BCUT2D eigenvalue weighted by Gasteiger charge is -2.12. The van der Waals surface area contributed by atoms with Gasteiger partial charge in [0.05, 0.1) is 0 Å². The van der Waals surface area contributed by atoms with Crippen LogP contribution in [0.1, 0.15) is 16.8 Å². The molecule has 2 rings (SSSR count). The first-order chi connectivity index (χ1) is 8.08. The number of carbonyl (C=O) groups is 2. The molecule has 0 radical (unpaired) electrons. The quantitative estimate of drug-likeness (QED) is 0.774. The molecule has 2 amide bonds. The summed E-state index contributed by atoms with van der Waals surface area (Å²) in [5.74, 6) is -0.298. The number of rotatable bonds is 2. The van der Waals surface area contributed by atoms with Gasteiger partial charge in [0.2, 0.25) is 5.91 Å². The summed E-state index contributed by atoms with van der Waals surface area (Å²) in [6.07, 6.45) is 0.656. The number of halogens is 1. The number of nitrogens with zero attached hydrogens (tertiary/aromatic N) is 1. The molecule has 0 aliphatic carbocycles. The molecule has 1 heterocycles. The Morgan fingerprint density at radius 1 is 1.50 bits per heavy atom. The first-order valence-corrected chi connectivity index (χ1v) is 5.49. The highest BCUT2D eigenvalue weighted by Crippen LogP contribution is 2.11. The Kier molecular flexibility index (Phi) is 4.55. The highest BCUT2D eigenvalue weighted by molar-refractivity contribution is 5.98. The van der Waals surface area contributed by atoms with Crippen LogP contribution in [0.2, 0.25) is 0 Å². The van der Waals surface area contributed by atoms with Crippen LogP contribution in [-0.2, 0) is 4.79 Å². The van der Waals surface area contributed by atoms with Gasteiger partial charge in [0.15, 0.2) is 0 Å². The normalized spacial score (nSPS) is 18.4. The zero-order valence-electron chi connectivity index (χ0n) is 10.1. The first-order valence-electron chi connectivity index (χ1n) is 5.49. The minimum atomic E-state index is -0.408. The van der Waals surface area contributed by atoms with Crippen molar-refractivity contribution in [1.82, 2.24) is 10.2 Å². The largest absolute Gasteiger partial charge is 0.399 e. The summed E-state index contributed by atoms with van der Waals surface area (Å²) < 4.78 is 0. The molecule has 1 aromatic carbocycles. The van der Waals surface area contributed by atoms with Crippen molar-refractivity contribution in [1.29, 1.82) is 0 Å². The van der Waals surface area contributed by atoms with E-state index >= 15 is 0 Å². The van der Waals surface area contributed by atoms with E-state index in [1.165, 1.54) is 0 Å². The maximum Gasteiger partial charge on any atom is 0.252 e. The molecular weight excluding hydrogens is 254 g/mol. The molecule has 0 bridgehead atoms. The number of likely N-dealkylation sites (N-methyl/N-ethyl adjacent to an activating group) is 1. The van der Waals surface area contributed by atoms with E-state index < -0.39 is 6.04 Å². The lowest BCUT2D eigenvalue weighted by molar-refractivity contribution is -0.128. The fourth-order valence-electron chi connectivity index (χ4n) is 1.88. The van der Waals surface area contributed by atoms with Crippen LogP contribution in [0.15, 0.2) is 24.3 Å². The van der Waals surface area contributed by atoms with Crippen molar-refractivity contribution in [2.45, 2.75) is 12.5 Å². The Bertz CT molecular complexity index is 464. The van der Waals surface area contributed by atoms with Gasteiger partial charge in [-0.15, -0.1) is 12.4 Å². The molecule has 0 spiro atoms. The van der Waals surface area contributed by atoms with Crippen LogP contribution >= 0.6 is 12.4 Å². The SMILES string of the molecule is CN1CCC(NC(=O)c2cccc(N)c2)C1=O.Cl. The molecule has 1 unspecified atom stereocenters. The summed E-state index contributed by atoms with van der Waals surface area (Å²) in [7, 11) is 1.73. The highest BCUT2D eigenvalue weighted by Gasteiger charge is 2.30. The van der Waals surface area contributed by atoms with Crippen LogP contribution in [0.25, 0.3) is 0 Å². The van der Waals surface area contributed by atoms with Crippen LogP contribution in [0.3, 0.4) is 0 Å². The fourth-order valence-corrected chi connectivity index (χ4v) is 1.88. The Balaban J connectivity index is 0.00000162. The first kappa shape index (κ1) is 14.3. The van der Waals surface area contributed by atoms with Gasteiger partial charge in [-0.25, -0.2) is 0 Å². The number of benzene rings is 1. The molecule has 1 aliphatic rings. The molecular formula is C12H16ClN3O2. The number of amides is 2. The monoisotopic (exact) mass is 269 g/mol. The van der Waals surface area contributed by atoms with Gasteiger partial charge in [0.25, 0.3) is 5.91 Å². The minimum absolute atomic E-state index is 0.